The second kappa shape index (κ2) is 10.7. The summed E-state index contributed by atoms with van der Waals surface area (Å²) in [7, 11) is 3.06. The van der Waals surface area contributed by atoms with E-state index in [0.29, 0.717) is 11.5 Å². The molecule has 0 aliphatic heterocycles. The van der Waals surface area contributed by atoms with E-state index in [9.17, 15) is 9.59 Å². The normalized spacial score (nSPS) is 10.4. The standard InChI is InChI=1S/C23H25N3O4/c1-16-5-6-17(2)19(13-16)25-22(27)15-26(3)23(28)10-8-18-7-9-20(30-12-11-24)21(14-18)29-4/h5-10,13-14H,12,15H2,1-4H3,(H,25,27)/b10-8+. The Kier molecular flexibility index (Phi) is 8.00. The van der Waals surface area contributed by atoms with Gasteiger partial charge < -0.3 is 19.7 Å². The molecule has 0 aromatic heterocycles. The number of anilines is 1. The maximum atomic E-state index is 12.4. The van der Waals surface area contributed by atoms with Crippen molar-refractivity contribution in [1.29, 1.82) is 5.26 Å². The number of methoxy groups -OCH3 is 1. The fraction of sp³-hybridized carbons (Fsp3) is 0.261. The van der Waals surface area contributed by atoms with Gasteiger partial charge in [0.15, 0.2) is 18.1 Å². The molecule has 0 bridgehead atoms. The molecule has 0 fully saturated rings. The van der Waals surface area contributed by atoms with E-state index in [4.69, 9.17) is 14.7 Å². The van der Waals surface area contributed by atoms with Crippen molar-refractivity contribution in [3.05, 3.63) is 59.2 Å². The second-order valence-electron chi connectivity index (χ2n) is 6.75. The van der Waals surface area contributed by atoms with Crippen LogP contribution < -0.4 is 14.8 Å². The van der Waals surface area contributed by atoms with Crippen LogP contribution in [0.1, 0.15) is 16.7 Å². The minimum absolute atomic E-state index is 0.0686. The molecule has 0 aliphatic carbocycles. The predicted octanol–water partition coefficient (Wildman–Crippen LogP) is 3.32. The highest BCUT2D eigenvalue weighted by Gasteiger charge is 2.12. The quantitative estimate of drug-likeness (QED) is 0.678. The van der Waals surface area contributed by atoms with Crippen molar-refractivity contribution in [3.63, 3.8) is 0 Å². The Morgan fingerprint density at radius 1 is 1.17 bits per heavy atom. The van der Waals surface area contributed by atoms with Crippen LogP contribution in [0.25, 0.3) is 6.08 Å². The summed E-state index contributed by atoms with van der Waals surface area (Å²) in [5.74, 6) is 0.326. The molecular formula is C23H25N3O4. The molecule has 0 spiro atoms. The monoisotopic (exact) mass is 407 g/mol. The van der Waals surface area contributed by atoms with Crippen molar-refractivity contribution in [2.45, 2.75) is 13.8 Å². The van der Waals surface area contributed by atoms with Crippen molar-refractivity contribution in [1.82, 2.24) is 4.90 Å². The summed E-state index contributed by atoms with van der Waals surface area (Å²) >= 11 is 0. The highest BCUT2D eigenvalue weighted by molar-refractivity contribution is 5.98. The van der Waals surface area contributed by atoms with E-state index in [1.54, 1.807) is 31.3 Å². The summed E-state index contributed by atoms with van der Waals surface area (Å²) in [6, 6.07) is 12.8. The van der Waals surface area contributed by atoms with E-state index in [0.717, 1.165) is 22.4 Å². The molecular weight excluding hydrogens is 382 g/mol. The second-order valence-corrected chi connectivity index (χ2v) is 6.75. The average Bonchev–Trinajstić information content (AvgIpc) is 2.73. The summed E-state index contributed by atoms with van der Waals surface area (Å²) in [4.78, 5) is 26.0. The Morgan fingerprint density at radius 2 is 1.93 bits per heavy atom. The summed E-state index contributed by atoms with van der Waals surface area (Å²) in [6.07, 6.45) is 3.01. The lowest BCUT2D eigenvalue weighted by Crippen LogP contribution is -2.34. The summed E-state index contributed by atoms with van der Waals surface area (Å²) in [5, 5.41) is 11.5. The van der Waals surface area contributed by atoms with Crippen molar-refractivity contribution in [3.8, 4) is 17.6 Å². The smallest absolute Gasteiger partial charge is 0.246 e. The number of ether oxygens (including phenoxy) is 2. The number of carbonyl (C=O) groups excluding carboxylic acids is 2. The van der Waals surface area contributed by atoms with Crippen LogP contribution in [-0.2, 0) is 9.59 Å². The Hall–Kier alpha value is -3.79. The number of hydrogen-bond acceptors (Lipinski definition) is 5. The summed E-state index contributed by atoms with van der Waals surface area (Å²) in [6.45, 7) is 3.71. The SMILES string of the molecule is COc1cc(/C=C/C(=O)N(C)CC(=O)Nc2cc(C)ccc2C)ccc1OCC#N. The molecule has 2 rings (SSSR count). The van der Waals surface area contributed by atoms with Crippen molar-refractivity contribution >= 4 is 23.6 Å². The van der Waals surface area contributed by atoms with E-state index in [2.05, 4.69) is 5.32 Å². The zero-order valence-electron chi connectivity index (χ0n) is 17.6. The van der Waals surface area contributed by atoms with E-state index >= 15 is 0 Å². The molecule has 7 heteroatoms. The van der Waals surface area contributed by atoms with E-state index < -0.39 is 0 Å². The number of aryl methyl sites for hydroxylation is 2. The number of carbonyl (C=O) groups is 2. The topological polar surface area (TPSA) is 91.7 Å². The molecule has 0 aliphatic rings. The third-order valence-electron chi connectivity index (χ3n) is 4.32. The van der Waals surface area contributed by atoms with Gasteiger partial charge in [0.2, 0.25) is 11.8 Å². The van der Waals surface area contributed by atoms with Crippen LogP contribution in [0.2, 0.25) is 0 Å². The van der Waals surface area contributed by atoms with E-state index in [-0.39, 0.29) is 25.0 Å². The molecule has 2 aromatic carbocycles. The first-order valence-corrected chi connectivity index (χ1v) is 9.32. The molecule has 30 heavy (non-hydrogen) atoms. The lowest BCUT2D eigenvalue weighted by molar-refractivity contribution is -0.129. The lowest BCUT2D eigenvalue weighted by Gasteiger charge is -2.16. The van der Waals surface area contributed by atoms with Crippen LogP contribution in [0.15, 0.2) is 42.5 Å². The lowest BCUT2D eigenvalue weighted by atomic mass is 10.1. The number of hydrogen-bond donors (Lipinski definition) is 1. The molecule has 2 amide bonds. The van der Waals surface area contributed by atoms with Crippen LogP contribution in [0, 0.1) is 25.2 Å². The van der Waals surface area contributed by atoms with Crippen LogP contribution in [0.5, 0.6) is 11.5 Å². The van der Waals surface area contributed by atoms with Crippen LogP contribution >= 0.6 is 0 Å². The van der Waals surface area contributed by atoms with Gasteiger partial charge in [-0.1, -0.05) is 18.2 Å². The average molecular weight is 407 g/mol. The number of rotatable bonds is 8. The van der Waals surface area contributed by atoms with E-state index in [1.807, 2.05) is 38.1 Å². The third kappa shape index (κ3) is 6.38. The number of nitriles is 1. The van der Waals surface area contributed by atoms with Gasteiger partial charge in [-0.2, -0.15) is 5.26 Å². The number of nitrogens with zero attached hydrogens (tertiary/aromatic N) is 2. The van der Waals surface area contributed by atoms with Gasteiger partial charge in [-0.3, -0.25) is 9.59 Å². The van der Waals surface area contributed by atoms with Gasteiger partial charge >= 0.3 is 0 Å². The first kappa shape index (κ1) is 22.5. The fourth-order valence-corrected chi connectivity index (χ4v) is 2.67. The van der Waals surface area contributed by atoms with Crippen molar-refractivity contribution in [2.24, 2.45) is 0 Å². The first-order chi connectivity index (χ1) is 14.3. The molecule has 1 N–H and O–H groups in total. The minimum Gasteiger partial charge on any atom is -0.493 e. The van der Waals surface area contributed by atoms with Gasteiger partial charge in [0.1, 0.15) is 6.07 Å². The van der Waals surface area contributed by atoms with Crippen LogP contribution in [0.3, 0.4) is 0 Å². The summed E-state index contributed by atoms with van der Waals surface area (Å²) in [5.41, 5.74) is 3.46. The van der Waals surface area contributed by atoms with Crippen LogP contribution in [-0.4, -0.2) is 44.0 Å². The molecule has 0 unspecified atom stereocenters. The number of amides is 2. The van der Waals surface area contributed by atoms with Gasteiger partial charge in [-0.25, -0.2) is 0 Å². The van der Waals surface area contributed by atoms with Gasteiger partial charge in [0, 0.05) is 18.8 Å². The Bertz CT molecular complexity index is 992. The molecule has 156 valence electrons. The van der Waals surface area contributed by atoms with Gasteiger partial charge in [-0.15, -0.1) is 0 Å². The third-order valence-corrected chi connectivity index (χ3v) is 4.32. The molecule has 0 atom stereocenters. The maximum absolute atomic E-state index is 12.4. The molecule has 0 heterocycles. The predicted molar refractivity (Wildman–Crippen MR) is 115 cm³/mol. The zero-order valence-corrected chi connectivity index (χ0v) is 17.6. The molecule has 7 nitrogen and oxygen atoms in total. The molecule has 0 saturated carbocycles. The molecule has 2 aromatic rings. The van der Waals surface area contributed by atoms with Crippen molar-refractivity contribution < 1.29 is 19.1 Å². The highest BCUT2D eigenvalue weighted by atomic mass is 16.5. The van der Waals surface area contributed by atoms with E-state index in [1.165, 1.54) is 18.1 Å². The largest absolute Gasteiger partial charge is 0.493 e. The van der Waals surface area contributed by atoms with Gasteiger partial charge in [0.05, 0.1) is 13.7 Å². The molecule has 0 saturated heterocycles. The number of likely N-dealkylation sites (N-methyl/N-ethyl adjacent to an activating group) is 1. The number of benzene rings is 2. The Labute approximate surface area is 176 Å². The van der Waals surface area contributed by atoms with Gasteiger partial charge in [-0.05, 0) is 54.8 Å². The molecule has 0 radical (unpaired) electrons. The minimum atomic E-state index is -0.310. The van der Waals surface area contributed by atoms with Gasteiger partial charge in [0.25, 0.3) is 0 Å². The maximum Gasteiger partial charge on any atom is 0.246 e. The number of nitrogens with one attached hydrogen (secondary N) is 1. The van der Waals surface area contributed by atoms with Crippen molar-refractivity contribution in [2.75, 3.05) is 32.6 Å². The highest BCUT2D eigenvalue weighted by Crippen LogP contribution is 2.28. The Morgan fingerprint density at radius 3 is 2.63 bits per heavy atom. The fourth-order valence-electron chi connectivity index (χ4n) is 2.67. The zero-order chi connectivity index (χ0) is 22.1. The first-order valence-electron chi connectivity index (χ1n) is 9.32. The Balaban J connectivity index is 1.97. The van der Waals surface area contributed by atoms with Crippen LogP contribution in [0.4, 0.5) is 5.69 Å². The summed E-state index contributed by atoms with van der Waals surface area (Å²) < 4.78 is 10.5.